The molecule has 0 aromatic carbocycles. The maximum Gasteiger partial charge on any atom is 0.132 e. The quantitative estimate of drug-likeness (QED) is 0.683. The summed E-state index contributed by atoms with van der Waals surface area (Å²) in [7, 11) is 1.50. The average molecular weight is 209 g/mol. The van der Waals surface area contributed by atoms with Gasteiger partial charge in [0.2, 0.25) is 0 Å². The number of rotatable bonds is 6. The normalized spacial score (nSPS) is 12.3. The molecule has 1 unspecified atom stereocenters. The fourth-order valence-corrected chi connectivity index (χ4v) is 0.867. The zero-order valence-electron chi connectivity index (χ0n) is 10.1. The van der Waals surface area contributed by atoms with Crippen LogP contribution in [0.1, 0.15) is 26.7 Å². The first-order valence-electron chi connectivity index (χ1n) is 5.21. The smallest absolute Gasteiger partial charge is 0.132 e. The molecule has 2 N–H and O–H groups in total. The van der Waals surface area contributed by atoms with E-state index in [1.54, 1.807) is 13.0 Å². The highest BCUT2D eigenvalue weighted by molar-refractivity contribution is 5.77. The summed E-state index contributed by atoms with van der Waals surface area (Å²) in [4.78, 5) is 10.9. The van der Waals surface area contributed by atoms with Crippen LogP contribution in [0.4, 0.5) is 0 Å². The summed E-state index contributed by atoms with van der Waals surface area (Å²) in [5.41, 5.74) is 4.50. The second kappa shape index (κ2) is 12.8. The van der Waals surface area contributed by atoms with E-state index >= 15 is 0 Å². The zero-order chi connectivity index (χ0) is 12.1. The van der Waals surface area contributed by atoms with Gasteiger partial charge in [0.25, 0.3) is 0 Å². The maximum absolute atomic E-state index is 10.9. The lowest BCUT2D eigenvalue weighted by Crippen LogP contribution is -2.04. The van der Waals surface area contributed by atoms with Gasteiger partial charge in [-0.25, -0.2) is 0 Å². The van der Waals surface area contributed by atoms with Gasteiger partial charge >= 0.3 is 0 Å². The molecule has 86 valence electrons. The monoisotopic (exact) mass is 209 g/mol. The van der Waals surface area contributed by atoms with Gasteiger partial charge in [-0.3, -0.25) is 4.79 Å². The summed E-state index contributed by atoms with van der Waals surface area (Å²) in [5.74, 6) is 0.461. The van der Waals surface area contributed by atoms with Gasteiger partial charge in [-0.2, -0.15) is 0 Å². The van der Waals surface area contributed by atoms with Crippen LogP contribution in [0.25, 0.3) is 0 Å². The third-order valence-corrected chi connectivity index (χ3v) is 1.95. The Balaban J connectivity index is 0. The van der Waals surface area contributed by atoms with Crippen molar-refractivity contribution in [1.82, 2.24) is 0 Å². The summed E-state index contributed by atoms with van der Waals surface area (Å²) in [6.45, 7) is 7.18. The number of hydrogen-bond donors (Lipinski definition) is 1. The van der Waals surface area contributed by atoms with Gasteiger partial charge in [0, 0.05) is 5.92 Å². The minimum absolute atomic E-state index is 0.188. The van der Waals surface area contributed by atoms with Crippen LogP contribution >= 0.6 is 0 Å². The largest absolute Gasteiger partial charge is 0.333 e. The van der Waals surface area contributed by atoms with Crippen LogP contribution in [0.2, 0.25) is 0 Å². The standard InChI is InChI=1S/C12H18O.CH5N/c1-4-5-6-7-8-9-10-11(2)12(3)13;1-2/h4-8,11H,1,9-10H2,2-3H3;2H2,1H3/b6-5-,8-7-;. The molecule has 0 aliphatic heterocycles. The van der Waals surface area contributed by atoms with Crippen LogP contribution < -0.4 is 5.73 Å². The molecule has 0 saturated carbocycles. The molecular weight excluding hydrogens is 186 g/mol. The molecule has 0 spiro atoms. The minimum Gasteiger partial charge on any atom is -0.333 e. The van der Waals surface area contributed by atoms with Gasteiger partial charge in [0.05, 0.1) is 0 Å². The third-order valence-electron chi connectivity index (χ3n) is 1.95. The van der Waals surface area contributed by atoms with E-state index in [-0.39, 0.29) is 11.7 Å². The van der Waals surface area contributed by atoms with Crippen molar-refractivity contribution < 1.29 is 4.79 Å². The van der Waals surface area contributed by atoms with Crippen LogP contribution in [0.15, 0.2) is 37.0 Å². The Morgan fingerprint density at radius 2 is 1.93 bits per heavy atom. The van der Waals surface area contributed by atoms with Gasteiger partial charge in [-0.05, 0) is 26.8 Å². The Bertz CT molecular complexity index is 217. The molecule has 0 aliphatic rings. The highest BCUT2D eigenvalue weighted by atomic mass is 16.1. The number of allylic oxidation sites excluding steroid dienone is 5. The SMILES string of the molecule is C=C/C=C\C=C/CCC(C)C(C)=O.CN. The second-order valence-corrected chi connectivity index (χ2v) is 3.14. The molecule has 1 atom stereocenters. The maximum atomic E-state index is 10.9. The van der Waals surface area contributed by atoms with E-state index in [9.17, 15) is 4.79 Å². The van der Waals surface area contributed by atoms with Crippen molar-refractivity contribution in [2.24, 2.45) is 11.7 Å². The second-order valence-electron chi connectivity index (χ2n) is 3.14. The van der Waals surface area contributed by atoms with Crippen molar-refractivity contribution in [2.75, 3.05) is 7.05 Å². The molecule has 2 heteroatoms. The summed E-state index contributed by atoms with van der Waals surface area (Å²) in [6, 6.07) is 0. The molecule has 2 nitrogen and oxygen atoms in total. The molecule has 15 heavy (non-hydrogen) atoms. The summed E-state index contributed by atoms with van der Waals surface area (Å²) in [5, 5.41) is 0. The first-order chi connectivity index (χ1) is 7.18. The first-order valence-corrected chi connectivity index (χ1v) is 5.21. The van der Waals surface area contributed by atoms with Crippen molar-refractivity contribution in [3.63, 3.8) is 0 Å². The summed E-state index contributed by atoms with van der Waals surface area (Å²) in [6.07, 6.45) is 11.5. The first kappa shape index (κ1) is 16.3. The number of Topliss-reactive ketones (excluding diaryl/α,β-unsaturated/α-hetero) is 1. The fourth-order valence-electron chi connectivity index (χ4n) is 0.867. The lowest BCUT2D eigenvalue weighted by molar-refractivity contribution is -0.120. The van der Waals surface area contributed by atoms with Crippen molar-refractivity contribution in [1.29, 1.82) is 0 Å². The molecule has 0 radical (unpaired) electrons. The number of ketones is 1. The van der Waals surface area contributed by atoms with Gasteiger partial charge in [-0.1, -0.05) is 43.9 Å². The molecule has 0 amide bonds. The Kier molecular flexibility index (Phi) is 14.0. The van der Waals surface area contributed by atoms with E-state index in [1.807, 2.05) is 25.2 Å². The minimum atomic E-state index is 0.188. The molecule has 0 heterocycles. The van der Waals surface area contributed by atoms with E-state index < -0.39 is 0 Å². The van der Waals surface area contributed by atoms with Gasteiger partial charge in [0.15, 0.2) is 0 Å². The average Bonchev–Trinajstić information content (AvgIpc) is 2.25. The molecular formula is C13H23NO. The zero-order valence-corrected chi connectivity index (χ0v) is 10.1. The number of nitrogens with two attached hydrogens (primary N) is 1. The highest BCUT2D eigenvalue weighted by Gasteiger charge is 2.04. The summed E-state index contributed by atoms with van der Waals surface area (Å²) < 4.78 is 0. The Labute approximate surface area is 93.6 Å². The third kappa shape index (κ3) is 12.8. The fraction of sp³-hybridized carbons (Fsp3) is 0.462. The predicted octanol–water partition coefficient (Wildman–Crippen LogP) is 2.87. The molecule has 0 bridgehead atoms. The van der Waals surface area contributed by atoms with E-state index in [0.717, 1.165) is 12.8 Å². The Morgan fingerprint density at radius 3 is 2.40 bits per heavy atom. The van der Waals surface area contributed by atoms with Crippen LogP contribution in [-0.4, -0.2) is 12.8 Å². The lowest BCUT2D eigenvalue weighted by atomic mass is 10.0. The predicted molar refractivity (Wildman–Crippen MR) is 67.7 cm³/mol. The molecule has 0 aromatic heterocycles. The Morgan fingerprint density at radius 1 is 1.33 bits per heavy atom. The lowest BCUT2D eigenvalue weighted by Gasteiger charge is -2.02. The van der Waals surface area contributed by atoms with Crippen molar-refractivity contribution >= 4 is 5.78 Å². The topological polar surface area (TPSA) is 43.1 Å². The van der Waals surface area contributed by atoms with Gasteiger partial charge < -0.3 is 5.73 Å². The summed E-state index contributed by atoms with van der Waals surface area (Å²) >= 11 is 0. The van der Waals surface area contributed by atoms with Crippen molar-refractivity contribution in [3.8, 4) is 0 Å². The van der Waals surface area contributed by atoms with Crippen LogP contribution in [0.5, 0.6) is 0 Å². The van der Waals surface area contributed by atoms with Crippen molar-refractivity contribution in [3.05, 3.63) is 37.0 Å². The van der Waals surface area contributed by atoms with Crippen LogP contribution in [0.3, 0.4) is 0 Å². The molecule has 0 saturated heterocycles. The van der Waals surface area contributed by atoms with Crippen LogP contribution in [0, 0.1) is 5.92 Å². The molecule has 0 aliphatic carbocycles. The molecule has 0 aromatic rings. The van der Waals surface area contributed by atoms with Crippen molar-refractivity contribution in [2.45, 2.75) is 26.7 Å². The number of carbonyl (C=O) groups excluding carboxylic acids is 1. The highest BCUT2D eigenvalue weighted by Crippen LogP contribution is 2.06. The molecule has 0 fully saturated rings. The molecule has 0 rings (SSSR count). The van der Waals surface area contributed by atoms with Gasteiger partial charge in [0.1, 0.15) is 5.78 Å². The number of carbonyl (C=O) groups is 1. The van der Waals surface area contributed by atoms with Crippen LogP contribution in [-0.2, 0) is 4.79 Å². The van der Waals surface area contributed by atoms with E-state index in [1.165, 1.54) is 7.05 Å². The van der Waals surface area contributed by atoms with E-state index in [4.69, 9.17) is 0 Å². The van der Waals surface area contributed by atoms with Gasteiger partial charge in [-0.15, -0.1) is 0 Å². The number of hydrogen-bond acceptors (Lipinski definition) is 2. The Hall–Kier alpha value is -1.15. The van der Waals surface area contributed by atoms with E-state index in [2.05, 4.69) is 18.4 Å². The van der Waals surface area contributed by atoms with E-state index in [0.29, 0.717) is 0 Å².